The molecule has 1 aromatic carbocycles. The van der Waals surface area contributed by atoms with Gasteiger partial charge in [-0.3, -0.25) is 0 Å². The molecule has 0 atom stereocenters. The number of carbonyl (C=O) groups excluding carboxylic acids is 1. The van der Waals surface area contributed by atoms with Crippen molar-refractivity contribution in [1.82, 2.24) is 9.44 Å². The average Bonchev–Trinajstić information content (AvgIpc) is 3.58. The zero-order chi connectivity index (χ0) is 24.1. The minimum atomic E-state index is -4.00. The summed E-state index contributed by atoms with van der Waals surface area (Å²) in [6.45, 7) is 5.62. The first-order valence-electron chi connectivity index (χ1n) is 11.2. The lowest BCUT2D eigenvalue weighted by atomic mass is 10.1. The first kappa shape index (κ1) is 27.2. The molecule has 1 amide bonds. The fourth-order valence-corrected chi connectivity index (χ4v) is 3.48. The van der Waals surface area contributed by atoms with Gasteiger partial charge in [-0.15, -0.1) is 0 Å². The van der Waals surface area contributed by atoms with Crippen molar-refractivity contribution in [2.75, 3.05) is 46.7 Å². The van der Waals surface area contributed by atoms with Gasteiger partial charge in [0, 0.05) is 19.7 Å². The minimum Gasteiger partial charge on any atom is -0.493 e. The maximum Gasteiger partial charge on any atom is 0.421 e. The van der Waals surface area contributed by atoms with Crippen LogP contribution in [0.15, 0.2) is 18.2 Å². The van der Waals surface area contributed by atoms with E-state index in [1.54, 1.807) is 7.11 Å². The zero-order valence-electron chi connectivity index (χ0n) is 19.6. The summed E-state index contributed by atoms with van der Waals surface area (Å²) in [6, 6.07) is 5.66. The summed E-state index contributed by atoms with van der Waals surface area (Å²) in [7, 11) is -2.38. The fraction of sp³-hybridized carbons (Fsp3) is 0.682. The predicted octanol–water partition coefficient (Wildman–Crippen LogP) is 2.42. The molecule has 0 radical (unpaired) electrons. The van der Waals surface area contributed by atoms with Gasteiger partial charge in [-0.2, -0.15) is 13.1 Å². The number of ether oxygens (including phenoxy) is 5. The molecule has 1 fully saturated rings. The maximum atomic E-state index is 11.8. The van der Waals surface area contributed by atoms with Crippen molar-refractivity contribution in [3.05, 3.63) is 23.8 Å². The third kappa shape index (κ3) is 12.1. The zero-order valence-corrected chi connectivity index (χ0v) is 20.4. The smallest absolute Gasteiger partial charge is 0.421 e. The van der Waals surface area contributed by atoms with Crippen molar-refractivity contribution >= 4 is 16.3 Å². The fourth-order valence-electron chi connectivity index (χ4n) is 2.77. The molecule has 1 aliphatic rings. The van der Waals surface area contributed by atoms with E-state index in [4.69, 9.17) is 23.7 Å². The van der Waals surface area contributed by atoms with Crippen molar-refractivity contribution < 1.29 is 36.9 Å². The van der Waals surface area contributed by atoms with E-state index in [1.807, 2.05) is 36.8 Å². The molecule has 1 saturated carbocycles. The summed E-state index contributed by atoms with van der Waals surface area (Å²) < 4.78 is 54.6. The normalized spacial score (nSPS) is 13.7. The van der Waals surface area contributed by atoms with Gasteiger partial charge >= 0.3 is 16.3 Å². The Balaban J connectivity index is 1.75. The highest BCUT2D eigenvalue weighted by atomic mass is 32.2. The Kier molecular flexibility index (Phi) is 11.7. The lowest BCUT2D eigenvalue weighted by molar-refractivity contribution is 0.0833. The molecular weight excluding hydrogens is 452 g/mol. The average molecular weight is 489 g/mol. The van der Waals surface area contributed by atoms with E-state index >= 15 is 0 Å². The molecule has 33 heavy (non-hydrogen) atoms. The van der Waals surface area contributed by atoms with Crippen LogP contribution < -0.4 is 18.9 Å². The molecule has 0 aromatic heterocycles. The second-order valence-electron chi connectivity index (χ2n) is 8.02. The highest BCUT2D eigenvalue weighted by Crippen LogP contribution is 2.32. The van der Waals surface area contributed by atoms with Gasteiger partial charge in [0.15, 0.2) is 0 Å². The van der Waals surface area contributed by atoms with Crippen molar-refractivity contribution in [3.8, 4) is 11.5 Å². The summed E-state index contributed by atoms with van der Waals surface area (Å²) in [5, 5.41) is 0. The SMILES string of the molecule is COCCOc1ccc(CCCOC(=O)NS(=O)(=O)NCCOC(C)C)c(OCC2CC2)c1. The van der Waals surface area contributed by atoms with E-state index in [0.717, 1.165) is 11.3 Å². The Hall–Kier alpha value is -2.08. The Morgan fingerprint density at radius 3 is 2.61 bits per heavy atom. The van der Waals surface area contributed by atoms with E-state index < -0.39 is 16.3 Å². The number of carbonyl (C=O) groups is 1. The molecule has 0 saturated heterocycles. The van der Waals surface area contributed by atoms with E-state index in [1.165, 1.54) is 12.8 Å². The summed E-state index contributed by atoms with van der Waals surface area (Å²) in [6.07, 6.45) is 2.44. The van der Waals surface area contributed by atoms with Gasteiger partial charge in [-0.05, 0) is 57.1 Å². The molecular formula is C22H36N2O8S. The Bertz CT molecular complexity index is 828. The molecule has 0 bridgehead atoms. The van der Waals surface area contributed by atoms with E-state index in [0.29, 0.717) is 44.3 Å². The number of aryl methyl sites for hydroxylation is 1. The molecule has 1 aliphatic carbocycles. The van der Waals surface area contributed by atoms with Gasteiger partial charge in [0.1, 0.15) is 18.1 Å². The van der Waals surface area contributed by atoms with Crippen LogP contribution in [-0.4, -0.2) is 67.3 Å². The van der Waals surface area contributed by atoms with Crippen LogP contribution in [0.3, 0.4) is 0 Å². The molecule has 0 aliphatic heterocycles. The molecule has 0 heterocycles. The van der Waals surface area contributed by atoms with E-state index in [9.17, 15) is 13.2 Å². The summed E-state index contributed by atoms with van der Waals surface area (Å²) >= 11 is 0. The highest BCUT2D eigenvalue weighted by Gasteiger charge is 2.22. The Morgan fingerprint density at radius 2 is 1.91 bits per heavy atom. The number of hydrogen-bond acceptors (Lipinski definition) is 8. The molecule has 1 aromatic rings. The molecule has 0 unspecified atom stereocenters. The van der Waals surface area contributed by atoms with Gasteiger partial charge in [-0.25, -0.2) is 9.52 Å². The number of amides is 1. The molecule has 2 rings (SSSR count). The number of hydrogen-bond donors (Lipinski definition) is 2. The van der Waals surface area contributed by atoms with Crippen LogP contribution in [0.4, 0.5) is 4.79 Å². The summed E-state index contributed by atoms with van der Waals surface area (Å²) in [4.78, 5) is 11.8. The van der Waals surface area contributed by atoms with E-state index in [-0.39, 0.29) is 25.9 Å². The van der Waals surface area contributed by atoms with Crippen molar-refractivity contribution in [2.45, 2.75) is 45.6 Å². The number of benzene rings is 1. The van der Waals surface area contributed by atoms with Crippen LogP contribution in [0.2, 0.25) is 0 Å². The Morgan fingerprint density at radius 1 is 1.12 bits per heavy atom. The maximum absolute atomic E-state index is 11.8. The van der Waals surface area contributed by atoms with Crippen LogP contribution in [-0.2, 0) is 30.8 Å². The van der Waals surface area contributed by atoms with Crippen molar-refractivity contribution in [2.24, 2.45) is 5.92 Å². The van der Waals surface area contributed by atoms with Crippen LogP contribution in [0, 0.1) is 5.92 Å². The molecule has 10 nitrogen and oxygen atoms in total. The second-order valence-corrected chi connectivity index (χ2v) is 9.52. The number of nitrogens with one attached hydrogen (secondary N) is 2. The van der Waals surface area contributed by atoms with Gasteiger partial charge in [-0.1, -0.05) is 6.07 Å². The Labute approximate surface area is 196 Å². The summed E-state index contributed by atoms with van der Waals surface area (Å²) in [5.41, 5.74) is 0.971. The first-order valence-corrected chi connectivity index (χ1v) is 12.7. The molecule has 11 heteroatoms. The van der Waals surface area contributed by atoms with Crippen LogP contribution in [0.5, 0.6) is 11.5 Å². The lowest BCUT2D eigenvalue weighted by Gasteiger charge is -2.14. The number of methoxy groups -OCH3 is 1. The van der Waals surface area contributed by atoms with Crippen LogP contribution >= 0.6 is 0 Å². The quantitative estimate of drug-likeness (QED) is 0.321. The van der Waals surface area contributed by atoms with Crippen LogP contribution in [0.1, 0.15) is 38.7 Å². The number of rotatable bonds is 17. The van der Waals surface area contributed by atoms with E-state index in [2.05, 4.69) is 4.72 Å². The van der Waals surface area contributed by atoms with Gasteiger partial charge in [0.2, 0.25) is 0 Å². The third-order valence-corrected chi connectivity index (χ3v) is 5.67. The van der Waals surface area contributed by atoms with Gasteiger partial charge < -0.3 is 23.7 Å². The van der Waals surface area contributed by atoms with Gasteiger partial charge in [0.05, 0.1) is 32.5 Å². The minimum absolute atomic E-state index is 0.00793. The largest absolute Gasteiger partial charge is 0.493 e. The molecule has 2 N–H and O–H groups in total. The predicted molar refractivity (Wildman–Crippen MR) is 123 cm³/mol. The highest BCUT2D eigenvalue weighted by molar-refractivity contribution is 7.88. The first-order chi connectivity index (χ1) is 15.8. The third-order valence-electron chi connectivity index (χ3n) is 4.65. The topological polar surface area (TPSA) is 121 Å². The van der Waals surface area contributed by atoms with Crippen LogP contribution in [0.25, 0.3) is 0 Å². The standard InChI is InChI=1S/C22H36N2O8S/c1-17(2)29-12-10-23-33(26,27)24-22(25)31-11-4-5-19-8-9-20(30-14-13-28-3)15-21(19)32-16-18-6-7-18/h8-9,15,17-18,23H,4-7,10-14,16H2,1-3H3,(H,24,25). The molecule has 188 valence electrons. The molecule has 0 spiro atoms. The van der Waals surface area contributed by atoms with Crippen molar-refractivity contribution in [1.29, 1.82) is 0 Å². The lowest BCUT2D eigenvalue weighted by Crippen LogP contribution is -2.42. The second kappa shape index (κ2) is 14.2. The monoisotopic (exact) mass is 488 g/mol. The van der Waals surface area contributed by atoms with Crippen molar-refractivity contribution in [3.63, 3.8) is 0 Å². The summed E-state index contributed by atoms with van der Waals surface area (Å²) in [5.74, 6) is 2.06. The van der Waals surface area contributed by atoms with Gasteiger partial charge in [0.25, 0.3) is 0 Å².